The largest absolute Gasteiger partial charge is 0.417 e. The third-order valence-corrected chi connectivity index (χ3v) is 7.55. The van der Waals surface area contributed by atoms with Crippen LogP contribution in [-0.4, -0.2) is 60.3 Å². The van der Waals surface area contributed by atoms with Gasteiger partial charge in [-0.3, -0.25) is 9.88 Å². The highest BCUT2D eigenvalue weighted by Gasteiger charge is 2.35. The maximum absolute atomic E-state index is 13.1. The van der Waals surface area contributed by atoms with Crippen LogP contribution in [0.3, 0.4) is 0 Å². The van der Waals surface area contributed by atoms with E-state index in [4.69, 9.17) is 4.74 Å². The molecule has 2 N–H and O–H groups in total. The Labute approximate surface area is 219 Å². The van der Waals surface area contributed by atoms with Crippen LogP contribution in [-0.2, 0) is 9.84 Å². The van der Waals surface area contributed by atoms with Gasteiger partial charge in [0.2, 0.25) is 5.88 Å². The first kappa shape index (κ1) is 26.3. The van der Waals surface area contributed by atoms with E-state index in [1.54, 1.807) is 23.1 Å². The maximum atomic E-state index is 13.1. The number of nitrogens with zero attached hydrogens (tertiary/aromatic N) is 3. The molecule has 9 nitrogen and oxygen atoms in total. The molecule has 1 unspecified atom stereocenters. The van der Waals surface area contributed by atoms with Crippen molar-refractivity contribution in [2.75, 3.05) is 24.7 Å². The topological polar surface area (TPSA) is 114 Å². The second-order valence-electron chi connectivity index (χ2n) is 9.85. The number of ether oxygens (including phenoxy) is 1. The molecule has 4 rings (SSSR count). The van der Waals surface area contributed by atoms with E-state index in [1.165, 1.54) is 12.4 Å². The molecule has 1 aromatic carbocycles. The Balaban J connectivity index is 1.58. The van der Waals surface area contributed by atoms with E-state index < -0.39 is 21.5 Å². The molecule has 1 aliphatic rings. The number of amides is 1. The molecule has 1 fully saturated rings. The quantitative estimate of drug-likeness (QED) is 0.442. The second-order valence-corrected chi connectivity index (χ2v) is 12.7. The summed E-state index contributed by atoms with van der Waals surface area (Å²) in [6, 6.07) is 8.77. The fraction of sp³-hybridized carbons (Fsp3) is 0.400. The SMILES string of the molecule is CC(C)(C)N(C(=O)Oc1ccc(Nc2c(S(C)(=O)=O)cnc3ccc(Br)cc23)cn1)C1CCCNC1. The monoisotopic (exact) mass is 575 g/mol. The van der Waals surface area contributed by atoms with Crippen molar-refractivity contribution in [3.8, 4) is 5.88 Å². The minimum absolute atomic E-state index is 0.0425. The van der Waals surface area contributed by atoms with Crippen molar-refractivity contribution >= 4 is 54.1 Å². The molecule has 192 valence electrons. The van der Waals surface area contributed by atoms with Crippen LogP contribution in [0.2, 0.25) is 0 Å². The smallest absolute Gasteiger partial charge is 0.391 e. The molecule has 3 heterocycles. The lowest BCUT2D eigenvalue weighted by Gasteiger charge is -2.42. The van der Waals surface area contributed by atoms with Gasteiger partial charge in [0.15, 0.2) is 9.84 Å². The summed E-state index contributed by atoms with van der Waals surface area (Å²) < 4.78 is 31.3. The van der Waals surface area contributed by atoms with Crippen molar-refractivity contribution in [2.45, 2.75) is 50.1 Å². The number of carbonyl (C=O) groups excluding carboxylic acids is 1. The number of halogens is 1. The van der Waals surface area contributed by atoms with Crippen molar-refractivity contribution in [3.05, 3.63) is 47.2 Å². The van der Waals surface area contributed by atoms with Crippen LogP contribution in [0.1, 0.15) is 33.6 Å². The van der Waals surface area contributed by atoms with Gasteiger partial charge >= 0.3 is 6.09 Å². The number of sulfone groups is 1. The number of piperidine rings is 1. The molecule has 0 bridgehead atoms. The normalized spacial score (nSPS) is 16.5. The lowest BCUT2D eigenvalue weighted by atomic mass is 9.99. The summed E-state index contributed by atoms with van der Waals surface area (Å²) in [5, 5.41) is 7.15. The molecule has 2 aromatic heterocycles. The van der Waals surface area contributed by atoms with Crippen molar-refractivity contribution in [3.63, 3.8) is 0 Å². The number of pyridine rings is 2. The number of hydrogen-bond donors (Lipinski definition) is 2. The van der Waals surface area contributed by atoms with Gasteiger partial charge in [-0.1, -0.05) is 15.9 Å². The van der Waals surface area contributed by atoms with Crippen LogP contribution >= 0.6 is 15.9 Å². The van der Waals surface area contributed by atoms with Crippen LogP contribution in [0, 0.1) is 0 Å². The van der Waals surface area contributed by atoms with E-state index >= 15 is 0 Å². The predicted octanol–water partition coefficient (Wildman–Crippen LogP) is 4.89. The van der Waals surface area contributed by atoms with Gasteiger partial charge in [0.25, 0.3) is 0 Å². The number of benzene rings is 1. The zero-order valence-electron chi connectivity index (χ0n) is 20.7. The number of rotatable bonds is 5. The lowest BCUT2D eigenvalue weighted by molar-refractivity contribution is 0.0655. The van der Waals surface area contributed by atoms with Crippen molar-refractivity contribution in [1.82, 2.24) is 20.2 Å². The fourth-order valence-electron chi connectivity index (χ4n) is 4.38. The van der Waals surface area contributed by atoms with Gasteiger partial charge in [-0.05, 0) is 64.4 Å². The molecule has 11 heteroatoms. The van der Waals surface area contributed by atoms with E-state index in [9.17, 15) is 13.2 Å². The molecule has 0 radical (unpaired) electrons. The van der Waals surface area contributed by atoms with E-state index in [0.717, 1.165) is 36.7 Å². The summed E-state index contributed by atoms with van der Waals surface area (Å²) in [5.74, 6) is 0.161. The molecular weight excluding hydrogens is 546 g/mol. The Hall–Kier alpha value is -2.76. The maximum Gasteiger partial charge on any atom is 0.417 e. The van der Waals surface area contributed by atoms with E-state index in [2.05, 4.69) is 36.5 Å². The first-order valence-corrected chi connectivity index (χ1v) is 14.4. The van der Waals surface area contributed by atoms with Crippen molar-refractivity contribution < 1.29 is 17.9 Å². The van der Waals surface area contributed by atoms with Crippen LogP contribution in [0.15, 0.2) is 52.1 Å². The minimum atomic E-state index is -3.56. The van der Waals surface area contributed by atoms with Gasteiger partial charge < -0.3 is 15.4 Å². The van der Waals surface area contributed by atoms with Gasteiger partial charge in [0, 0.05) is 46.5 Å². The number of anilines is 2. The van der Waals surface area contributed by atoms with Crippen molar-refractivity contribution in [1.29, 1.82) is 0 Å². The van der Waals surface area contributed by atoms with Crippen LogP contribution in [0.5, 0.6) is 5.88 Å². The van der Waals surface area contributed by atoms with Crippen LogP contribution in [0.25, 0.3) is 10.9 Å². The van der Waals surface area contributed by atoms with Gasteiger partial charge in [-0.15, -0.1) is 0 Å². The average molecular weight is 577 g/mol. The number of fused-ring (bicyclic) bond motifs is 1. The molecule has 36 heavy (non-hydrogen) atoms. The van der Waals surface area contributed by atoms with E-state index in [1.807, 2.05) is 32.9 Å². The summed E-state index contributed by atoms with van der Waals surface area (Å²) in [7, 11) is -3.56. The number of hydrogen-bond acceptors (Lipinski definition) is 8. The van der Waals surface area contributed by atoms with E-state index in [-0.39, 0.29) is 16.8 Å². The first-order valence-electron chi connectivity index (χ1n) is 11.7. The Morgan fingerprint density at radius 1 is 1.19 bits per heavy atom. The number of carbonyl (C=O) groups is 1. The predicted molar refractivity (Wildman–Crippen MR) is 144 cm³/mol. The number of nitrogens with one attached hydrogen (secondary N) is 2. The molecule has 1 aliphatic heterocycles. The minimum Gasteiger partial charge on any atom is -0.391 e. The van der Waals surface area contributed by atoms with Gasteiger partial charge in [-0.25, -0.2) is 18.2 Å². The zero-order valence-corrected chi connectivity index (χ0v) is 23.1. The number of aromatic nitrogens is 2. The average Bonchev–Trinajstić information content (AvgIpc) is 2.79. The highest BCUT2D eigenvalue weighted by Crippen LogP contribution is 2.34. The highest BCUT2D eigenvalue weighted by molar-refractivity contribution is 9.10. The second kappa shape index (κ2) is 10.3. The highest BCUT2D eigenvalue weighted by atomic mass is 79.9. The summed E-state index contributed by atoms with van der Waals surface area (Å²) >= 11 is 3.44. The summed E-state index contributed by atoms with van der Waals surface area (Å²) in [6.45, 7) is 7.63. The van der Waals surface area contributed by atoms with Crippen LogP contribution in [0.4, 0.5) is 16.2 Å². The fourth-order valence-corrected chi connectivity index (χ4v) is 5.52. The third kappa shape index (κ3) is 5.96. The van der Waals surface area contributed by atoms with Crippen molar-refractivity contribution in [2.24, 2.45) is 0 Å². The Morgan fingerprint density at radius 2 is 1.97 bits per heavy atom. The molecule has 1 amide bonds. The molecule has 0 aliphatic carbocycles. The summed E-state index contributed by atoms with van der Waals surface area (Å²) in [5.41, 5.74) is 1.17. The Bertz CT molecular complexity index is 1370. The summed E-state index contributed by atoms with van der Waals surface area (Å²) in [6.07, 6.45) is 5.45. The lowest BCUT2D eigenvalue weighted by Crippen LogP contribution is -2.57. The third-order valence-electron chi connectivity index (χ3n) is 5.95. The molecular formula is C25H30BrN5O4S. The molecule has 1 saturated heterocycles. The molecule has 0 saturated carbocycles. The van der Waals surface area contributed by atoms with Gasteiger partial charge in [-0.2, -0.15) is 0 Å². The molecule has 1 atom stereocenters. The Morgan fingerprint density at radius 3 is 2.58 bits per heavy atom. The molecule has 3 aromatic rings. The zero-order chi connectivity index (χ0) is 26.1. The standard InChI is InChI=1S/C25H30BrN5O4S/c1-25(2,3)31(18-6-5-11-27-14-18)24(32)35-22-10-8-17(13-29-22)30-23-19-12-16(26)7-9-20(19)28-15-21(23)36(4,33)34/h7-10,12-13,15,18,27H,5-6,11,14H2,1-4H3,(H,28,30). The molecule has 0 spiro atoms. The summed E-state index contributed by atoms with van der Waals surface area (Å²) in [4.78, 5) is 23.5. The van der Waals surface area contributed by atoms with E-state index in [0.29, 0.717) is 22.3 Å². The first-order chi connectivity index (χ1) is 16.9. The van der Waals surface area contributed by atoms with Crippen LogP contribution < -0.4 is 15.4 Å². The Kier molecular flexibility index (Phi) is 7.53. The van der Waals surface area contributed by atoms with Gasteiger partial charge in [0.05, 0.1) is 23.1 Å². The van der Waals surface area contributed by atoms with Gasteiger partial charge in [0.1, 0.15) is 4.90 Å².